The predicted octanol–water partition coefficient (Wildman–Crippen LogP) is 1.37. The predicted molar refractivity (Wildman–Crippen MR) is 77.4 cm³/mol. The molecule has 1 aromatic heterocycles. The molecule has 2 aliphatic rings. The van der Waals surface area contributed by atoms with E-state index in [1.54, 1.807) is 0 Å². The molecule has 0 bridgehead atoms. The summed E-state index contributed by atoms with van der Waals surface area (Å²) in [5.74, 6) is 1.13. The number of nitrogens with zero attached hydrogens (tertiary/aromatic N) is 4. The van der Waals surface area contributed by atoms with Gasteiger partial charge in [-0.15, -0.1) is 22.6 Å². The van der Waals surface area contributed by atoms with Crippen molar-refractivity contribution in [1.29, 1.82) is 0 Å². The van der Waals surface area contributed by atoms with Crippen LogP contribution in [0.3, 0.4) is 0 Å². The number of nitrogens with one attached hydrogen (secondary N) is 1. The van der Waals surface area contributed by atoms with Crippen LogP contribution >= 0.6 is 12.4 Å². The highest BCUT2D eigenvalue weighted by Gasteiger charge is 2.36. The molecule has 0 aliphatic carbocycles. The average Bonchev–Trinajstić information content (AvgIpc) is 3.01. The van der Waals surface area contributed by atoms with Crippen molar-refractivity contribution in [3.63, 3.8) is 0 Å². The minimum atomic E-state index is 0. The lowest BCUT2D eigenvalue weighted by atomic mass is 9.89. The van der Waals surface area contributed by atoms with Gasteiger partial charge in [-0.25, -0.2) is 0 Å². The first-order valence-corrected chi connectivity index (χ1v) is 6.97. The van der Waals surface area contributed by atoms with Gasteiger partial charge in [0.25, 0.3) is 0 Å². The Morgan fingerprint density at radius 1 is 1.53 bits per heavy atom. The molecule has 0 aromatic carbocycles. The van der Waals surface area contributed by atoms with Gasteiger partial charge in [-0.2, -0.15) is 0 Å². The molecule has 5 nitrogen and oxygen atoms in total. The Labute approximate surface area is 121 Å². The van der Waals surface area contributed by atoms with Gasteiger partial charge >= 0.3 is 0 Å². The van der Waals surface area contributed by atoms with E-state index in [0.717, 1.165) is 12.4 Å². The second-order valence-electron chi connectivity index (χ2n) is 6.17. The molecule has 2 saturated heterocycles. The Hall–Kier alpha value is -0.650. The lowest BCUT2D eigenvalue weighted by molar-refractivity contribution is 0.159. The Bertz CT molecular complexity index is 413. The molecule has 1 aromatic rings. The smallest absolute Gasteiger partial charge is 0.149 e. The molecule has 1 N–H and O–H groups in total. The highest BCUT2D eigenvalue weighted by atomic mass is 35.5. The van der Waals surface area contributed by atoms with Crippen LogP contribution in [0.25, 0.3) is 0 Å². The average molecular weight is 286 g/mol. The number of aryl methyl sites for hydroxylation is 1. The molecule has 0 amide bonds. The molecule has 2 fully saturated rings. The zero-order valence-electron chi connectivity index (χ0n) is 11.8. The van der Waals surface area contributed by atoms with E-state index in [1.807, 2.05) is 13.4 Å². The molecule has 19 heavy (non-hydrogen) atoms. The number of aromatic nitrogens is 3. The van der Waals surface area contributed by atoms with Crippen molar-refractivity contribution in [2.45, 2.75) is 32.2 Å². The van der Waals surface area contributed by atoms with Crippen LogP contribution in [0.1, 0.15) is 38.1 Å². The molecule has 0 spiro atoms. The lowest BCUT2D eigenvalue weighted by Gasteiger charge is -2.32. The molecule has 2 atom stereocenters. The first kappa shape index (κ1) is 14.8. The minimum absolute atomic E-state index is 0. The summed E-state index contributed by atoms with van der Waals surface area (Å²) in [6.45, 7) is 7.09. The number of rotatable bonds is 3. The Morgan fingerprint density at radius 2 is 2.37 bits per heavy atom. The monoisotopic (exact) mass is 285 g/mol. The highest BCUT2D eigenvalue weighted by Crippen LogP contribution is 2.35. The topological polar surface area (TPSA) is 46.0 Å². The van der Waals surface area contributed by atoms with E-state index in [-0.39, 0.29) is 12.4 Å². The number of hydrogen-bond donors (Lipinski definition) is 1. The number of likely N-dealkylation sites (tertiary alicyclic amines) is 1. The van der Waals surface area contributed by atoms with Gasteiger partial charge < -0.3 is 9.88 Å². The molecule has 2 aliphatic heterocycles. The summed E-state index contributed by atoms with van der Waals surface area (Å²) in [6.07, 6.45) is 5.59. The quantitative estimate of drug-likeness (QED) is 0.911. The van der Waals surface area contributed by atoms with Gasteiger partial charge in [0.05, 0.1) is 6.04 Å². The van der Waals surface area contributed by atoms with E-state index in [9.17, 15) is 0 Å². The van der Waals surface area contributed by atoms with E-state index < -0.39 is 0 Å². The lowest BCUT2D eigenvalue weighted by Crippen LogP contribution is -2.37. The second kappa shape index (κ2) is 5.77. The van der Waals surface area contributed by atoms with E-state index >= 15 is 0 Å². The van der Waals surface area contributed by atoms with E-state index in [0.29, 0.717) is 11.5 Å². The maximum Gasteiger partial charge on any atom is 0.149 e. The normalized spacial score (nSPS) is 31.6. The zero-order chi connectivity index (χ0) is 12.6. The number of halogens is 1. The van der Waals surface area contributed by atoms with Crippen molar-refractivity contribution in [1.82, 2.24) is 25.0 Å². The zero-order valence-corrected chi connectivity index (χ0v) is 12.6. The van der Waals surface area contributed by atoms with Crippen molar-refractivity contribution < 1.29 is 0 Å². The summed E-state index contributed by atoms with van der Waals surface area (Å²) in [5.41, 5.74) is 0.432. The summed E-state index contributed by atoms with van der Waals surface area (Å²) >= 11 is 0. The summed E-state index contributed by atoms with van der Waals surface area (Å²) in [4.78, 5) is 2.61. The SMILES string of the molecule is Cl.Cn1cnnc1C1CCCN1CC1(C)CCNC1. The first-order valence-electron chi connectivity index (χ1n) is 6.97. The van der Waals surface area contributed by atoms with Crippen LogP contribution in [-0.4, -0.2) is 45.8 Å². The molecule has 3 heterocycles. The maximum atomic E-state index is 4.30. The molecule has 6 heteroatoms. The fourth-order valence-electron chi connectivity index (χ4n) is 3.40. The molecule has 2 unspecified atom stereocenters. The van der Waals surface area contributed by atoms with Crippen LogP contribution in [0.4, 0.5) is 0 Å². The van der Waals surface area contributed by atoms with Crippen molar-refractivity contribution >= 4 is 12.4 Å². The Balaban J connectivity index is 0.00000133. The second-order valence-corrected chi connectivity index (χ2v) is 6.17. The number of hydrogen-bond acceptors (Lipinski definition) is 4. The van der Waals surface area contributed by atoms with Gasteiger partial charge in [0.15, 0.2) is 0 Å². The Morgan fingerprint density at radius 3 is 3.00 bits per heavy atom. The van der Waals surface area contributed by atoms with Crippen LogP contribution in [-0.2, 0) is 7.05 Å². The van der Waals surface area contributed by atoms with Crippen molar-refractivity contribution in [3.8, 4) is 0 Å². The van der Waals surface area contributed by atoms with E-state index in [1.165, 1.54) is 38.9 Å². The van der Waals surface area contributed by atoms with Crippen molar-refractivity contribution in [3.05, 3.63) is 12.2 Å². The van der Waals surface area contributed by atoms with Crippen LogP contribution in [0.15, 0.2) is 6.33 Å². The van der Waals surface area contributed by atoms with E-state index in [4.69, 9.17) is 0 Å². The minimum Gasteiger partial charge on any atom is -0.319 e. The summed E-state index contributed by atoms with van der Waals surface area (Å²) in [6, 6.07) is 0.468. The van der Waals surface area contributed by atoms with Gasteiger partial charge in [0.1, 0.15) is 12.2 Å². The molecule has 3 rings (SSSR count). The van der Waals surface area contributed by atoms with Crippen LogP contribution < -0.4 is 5.32 Å². The molecule has 0 saturated carbocycles. The molecular formula is C13H24ClN5. The highest BCUT2D eigenvalue weighted by molar-refractivity contribution is 5.85. The molecule has 108 valence electrons. The van der Waals surface area contributed by atoms with Gasteiger partial charge in [-0.3, -0.25) is 4.90 Å². The van der Waals surface area contributed by atoms with Gasteiger partial charge in [-0.05, 0) is 37.8 Å². The fraction of sp³-hybridized carbons (Fsp3) is 0.846. The third-order valence-corrected chi connectivity index (χ3v) is 4.45. The third kappa shape index (κ3) is 2.93. The van der Waals surface area contributed by atoms with Crippen LogP contribution in [0.5, 0.6) is 0 Å². The van der Waals surface area contributed by atoms with Gasteiger partial charge in [-0.1, -0.05) is 6.92 Å². The summed E-state index contributed by atoms with van der Waals surface area (Å²) in [7, 11) is 2.05. The van der Waals surface area contributed by atoms with E-state index in [2.05, 4.69) is 31.9 Å². The molecular weight excluding hydrogens is 262 g/mol. The first-order chi connectivity index (χ1) is 8.68. The fourth-order valence-corrected chi connectivity index (χ4v) is 3.40. The molecule has 0 radical (unpaired) electrons. The van der Waals surface area contributed by atoms with Crippen LogP contribution in [0, 0.1) is 5.41 Å². The van der Waals surface area contributed by atoms with Crippen molar-refractivity contribution in [2.75, 3.05) is 26.2 Å². The summed E-state index contributed by atoms with van der Waals surface area (Å²) in [5, 5.41) is 11.8. The van der Waals surface area contributed by atoms with Gasteiger partial charge in [0.2, 0.25) is 0 Å². The largest absolute Gasteiger partial charge is 0.319 e. The van der Waals surface area contributed by atoms with Crippen LogP contribution in [0.2, 0.25) is 0 Å². The third-order valence-electron chi connectivity index (χ3n) is 4.45. The van der Waals surface area contributed by atoms with Gasteiger partial charge in [0, 0.05) is 20.1 Å². The summed E-state index contributed by atoms with van der Waals surface area (Å²) < 4.78 is 2.07. The Kier molecular flexibility index (Phi) is 4.48. The standard InChI is InChI=1S/C13H23N5.ClH/c1-13(5-6-14-8-13)9-18-7-3-4-11(18)12-16-15-10-17(12)2;/h10-11,14H,3-9H2,1-2H3;1H. The maximum absolute atomic E-state index is 4.30. The van der Waals surface area contributed by atoms with Crippen molar-refractivity contribution in [2.24, 2.45) is 12.5 Å².